The standard InChI is InChI=1S/C18H14O3S/c19-22(20,16-11-5-2-6-12-16)18-14-8-7-13-17(18)21-15-9-3-1-4-10-15/h1-14H. The summed E-state index contributed by atoms with van der Waals surface area (Å²) in [6.45, 7) is 0. The van der Waals surface area contributed by atoms with Gasteiger partial charge in [-0.2, -0.15) is 0 Å². The zero-order chi connectivity index (χ0) is 15.4. The van der Waals surface area contributed by atoms with E-state index in [2.05, 4.69) is 0 Å². The van der Waals surface area contributed by atoms with E-state index in [-0.39, 0.29) is 9.79 Å². The molecule has 0 bridgehead atoms. The van der Waals surface area contributed by atoms with E-state index in [9.17, 15) is 8.42 Å². The van der Waals surface area contributed by atoms with E-state index in [1.54, 1.807) is 66.7 Å². The third-order valence-electron chi connectivity index (χ3n) is 3.16. The lowest BCUT2D eigenvalue weighted by molar-refractivity contribution is 0.467. The molecule has 3 aromatic rings. The van der Waals surface area contributed by atoms with Gasteiger partial charge in [0.1, 0.15) is 16.4 Å². The van der Waals surface area contributed by atoms with Crippen LogP contribution in [0.25, 0.3) is 0 Å². The van der Waals surface area contributed by atoms with Crippen molar-refractivity contribution in [3.05, 3.63) is 84.9 Å². The van der Waals surface area contributed by atoms with E-state index < -0.39 is 9.84 Å². The first-order chi connectivity index (χ1) is 10.7. The molecule has 0 radical (unpaired) electrons. The lowest BCUT2D eigenvalue weighted by atomic mass is 10.3. The van der Waals surface area contributed by atoms with Crippen LogP contribution in [0.3, 0.4) is 0 Å². The van der Waals surface area contributed by atoms with Crippen molar-refractivity contribution in [1.29, 1.82) is 0 Å². The van der Waals surface area contributed by atoms with Gasteiger partial charge >= 0.3 is 0 Å². The lowest BCUT2D eigenvalue weighted by Crippen LogP contribution is -2.03. The van der Waals surface area contributed by atoms with Gasteiger partial charge in [-0.1, -0.05) is 48.5 Å². The molecular weight excluding hydrogens is 296 g/mol. The molecule has 3 aromatic carbocycles. The molecule has 0 amide bonds. The van der Waals surface area contributed by atoms with Crippen molar-refractivity contribution in [2.75, 3.05) is 0 Å². The molecule has 0 saturated carbocycles. The molecule has 110 valence electrons. The molecule has 0 fully saturated rings. The summed E-state index contributed by atoms with van der Waals surface area (Å²) in [7, 11) is -3.61. The third-order valence-corrected chi connectivity index (χ3v) is 4.97. The second-order valence-electron chi connectivity index (χ2n) is 4.68. The highest BCUT2D eigenvalue weighted by molar-refractivity contribution is 7.91. The Kier molecular flexibility index (Phi) is 3.94. The van der Waals surface area contributed by atoms with Gasteiger partial charge in [-0.25, -0.2) is 8.42 Å². The Hall–Kier alpha value is -2.59. The zero-order valence-corrected chi connectivity index (χ0v) is 12.5. The summed E-state index contributed by atoms with van der Waals surface area (Å²) in [5.74, 6) is 0.913. The fourth-order valence-corrected chi connectivity index (χ4v) is 3.50. The van der Waals surface area contributed by atoms with E-state index in [4.69, 9.17) is 4.74 Å². The molecular formula is C18H14O3S. The Balaban J connectivity index is 2.05. The molecule has 0 unspecified atom stereocenters. The van der Waals surface area contributed by atoms with E-state index >= 15 is 0 Å². The third kappa shape index (κ3) is 2.87. The number of ether oxygens (including phenoxy) is 1. The molecule has 0 aliphatic carbocycles. The molecule has 0 atom stereocenters. The van der Waals surface area contributed by atoms with E-state index in [0.717, 1.165) is 0 Å². The topological polar surface area (TPSA) is 43.4 Å². The monoisotopic (exact) mass is 310 g/mol. The van der Waals surface area contributed by atoms with Crippen LogP contribution < -0.4 is 4.74 Å². The number of hydrogen-bond acceptors (Lipinski definition) is 3. The van der Waals surface area contributed by atoms with Crippen LogP contribution >= 0.6 is 0 Å². The Morgan fingerprint density at radius 1 is 0.636 bits per heavy atom. The van der Waals surface area contributed by atoms with E-state index in [0.29, 0.717) is 11.5 Å². The highest BCUT2D eigenvalue weighted by Gasteiger charge is 2.21. The molecule has 0 aromatic heterocycles. The Morgan fingerprint density at radius 3 is 1.86 bits per heavy atom. The molecule has 0 saturated heterocycles. The van der Waals surface area contributed by atoms with Gasteiger partial charge in [-0.05, 0) is 36.4 Å². The summed E-state index contributed by atoms with van der Waals surface area (Å²) in [6, 6.07) is 24.1. The van der Waals surface area contributed by atoms with Crippen LogP contribution in [0.15, 0.2) is 94.7 Å². The average molecular weight is 310 g/mol. The van der Waals surface area contributed by atoms with Gasteiger partial charge in [0.25, 0.3) is 0 Å². The second kappa shape index (κ2) is 6.03. The lowest BCUT2D eigenvalue weighted by Gasteiger charge is -2.11. The smallest absolute Gasteiger partial charge is 0.210 e. The number of hydrogen-bond donors (Lipinski definition) is 0. The minimum absolute atomic E-state index is 0.157. The maximum absolute atomic E-state index is 12.8. The largest absolute Gasteiger partial charge is 0.456 e. The van der Waals surface area contributed by atoms with Crippen LogP contribution in [0.1, 0.15) is 0 Å². The van der Waals surface area contributed by atoms with Crippen LogP contribution in [0.4, 0.5) is 0 Å². The van der Waals surface area contributed by atoms with E-state index in [1.165, 1.54) is 0 Å². The van der Waals surface area contributed by atoms with Crippen LogP contribution in [0.5, 0.6) is 11.5 Å². The van der Waals surface area contributed by atoms with Gasteiger partial charge in [0.2, 0.25) is 9.84 Å². The summed E-state index contributed by atoms with van der Waals surface area (Å²) < 4.78 is 31.3. The van der Waals surface area contributed by atoms with Gasteiger partial charge in [0.05, 0.1) is 4.90 Å². The van der Waals surface area contributed by atoms with Crippen molar-refractivity contribution in [2.45, 2.75) is 9.79 Å². The predicted octanol–water partition coefficient (Wildman–Crippen LogP) is 4.31. The highest BCUT2D eigenvalue weighted by atomic mass is 32.2. The maximum atomic E-state index is 12.8. The Morgan fingerprint density at radius 2 is 1.18 bits per heavy atom. The molecule has 0 spiro atoms. The van der Waals surface area contributed by atoms with Crippen molar-refractivity contribution in [2.24, 2.45) is 0 Å². The van der Waals surface area contributed by atoms with E-state index in [1.807, 2.05) is 18.2 Å². The SMILES string of the molecule is O=S(=O)(c1ccccc1)c1ccccc1Oc1ccccc1. The van der Waals surface area contributed by atoms with Gasteiger partial charge in [0, 0.05) is 0 Å². The van der Waals surface area contributed by atoms with Crippen molar-refractivity contribution in [3.8, 4) is 11.5 Å². The Labute approximate surface area is 129 Å². The number of rotatable bonds is 4. The molecule has 22 heavy (non-hydrogen) atoms. The first-order valence-corrected chi connectivity index (χ1v) is 8.28. The van der Waals surface area contributed by atoms with Crippen LogP contribution in [-0.2, 0) is 9.84 Å². The number of para-hydroxylation sites is 2. The quantitative estimate of drug-likeness (QED) is 0.721. The molecule has 3 rings (SSSR count). The fourth-order valence-electron chi connectivity index (χ4n) is 2.10. The summed E-state index contributed by atoms with van der Waals surface area (Å²) in [5, 5.41) is 0. The average Bonchev–Trinajstić information content (AvgIpc) is 2.57. The van der Waals surface area contributed by atoms with Crippen LogP contribution in [-0.4, -0.2) is 8.42 Å². The van der Waals surface area contributed by atoms with Crippen molar-refractivity contribution in [3.63, 3.8) is 0 Å². The minimum Gasteiger partial charge on any atom is -0.456 e. The summed E-state index contributed by atoms with van der Waals surface area (Å²) >= 11 is 0. The van der Waals surface area contributed by atoms with Crippen molar-refractivity contribution in [1.82, 2.24) is 0 Å². The predicted molar refractivity (Wildman–Crippen MR) is 84.9 cm³/mol. The Bertz CT molecular complexity index is 857. The maximum Gasteiger partial charge on any atom is 0.210 e. The first kappa shape index (κ1) is 14.4. The normalized spacial score (nSPS) is 11.1. The van der Waals surface area contributed by atoms with Crippen molar-refractivity contribution < 1.29 is 13.2 Å². The summed E-state index contributed by atoms with van der Waals surface area (Å²) in [4.78, 5) is 0.407. The highest BCUT2D eigenvalue weighted by Crippen LogP contribution is 2.32. The minimum atomic E-state index is -3.61. The fraction of sp³-hybridized carbons (Fsp3) is 0. The molecule has 0 N–H and O–H groups in total. The first-order valence-electron chi connectivity index (χ1n) is 6.80. The van der Waals surface area contributed by atoms with Gasteiger partial charge in [0.15, 0.2) is 0 Å². The molecule has 3 nitrogen and oxygen atoms in total. The van der Waals surface area contributed by atoms with Crippen LogP contribution in [0, 0.1) is 0 Å². The second-order valence-corrected chi connectivity index (χ2v) is 6.60. The van der Waals surface area contributed by atoms with Gasteiger partial charge < -0.3 is 4.74 Å². The van der Waals surface area contributed by atoms with Gasteiger partial charge in [-0.3, -0.25) is 0 Å². The zero-order valence-electron chi connectivity index (χ0n) is 11.7. The van der Waals surface area contributed by atoms with Crippen molar-refractivity contribution >= 4 is 9.84 Å². The van der Waals surface area contributed by atoms with Crippen LogP contribution in [0.2, 0.25) is 0 Å². The summed E-state index contributed by atoms with van der Waals surface area (Å²) in [6.07, 6.45) is 0. The van der Waals surface area contributed by atoms with Gasteiger partial charge in [-0.15, -0.1) is 0 Å². The molecule has 0 aliphatic heterocycles. The molecule has 0 aliphatic rings. The number of sulfone groups is 1. The number of benzene rings is 3. The summed E-state index contributed by atoms with van der Waals surface area (Å²) in [5.41, 5.74) is 0. The molecule has 4 heteroatoms. The molecule has 0 heterocycles.